The third kappa shape index (κ3) is 2.17. The van der Waals surface area contributed by atoms with E-state index >= 15 is 0 Å². The first kappa shape index (κ1) is 15.4. The predicted molar refractivity (Wildman–Crippen MR) is 89.6 cm³/mol. The Balaban J connectivity index is 1.79. The lowest BCUT2D eigenvalue weighted by molar-refractivity contribution is -0.119. The Morgan fingerprint density at radius 1 is 1.17 bits per heavy atom. The van der Waals surface area contributed by atoms with E-state index in [4.69, 9.17) is 4.74 Å². The lowest BCUT2D eigenvalue weighted by Gasteiger charge is -2.14. The Morgan fingerprint density at radius 3 is 2.71 bits per heavy atom. The third-order valence-corrected chi connectivity index (χ3v) is 6.57. The molecule has 2 aromatic carbocycles. The second kappa shape index (κ2) is 5.43. The van der Waals surface area contributed by atoms with Crippen molar-refractivity contribution in [3.05, 3.63) is 42.0 Å². The fourth-order valence-corrected chi connectivity index (χ4v) is 5.12. The smallest absolute Gasteiger partial charge is 0.229 e. The molecule has 1 unspecified atom stereocenters. The molecule has 6 heteroatoms. The minimum absolute atomic E-state index is 0.0790. The highest BCUT2D eigenvalue weighted by molar-refractivity contribution is 7.92. The molecule has 0 aliphatic carbocycles. The molecule has 124 valence electrons. The van der Waals surface area contributed by atoms with Crippen molar-refractivity contribution in [1.29, 1.82) is 0 Å². The maximum absolute atomic E-state index is 12.7. The molecular formula is C18H17NO4S. The number of sulfone groups is 1. The van der Waals surface area contributed by atoms with E-state index in [0.717, 1.165) is 5.56 Å². The molecule has 0 aromatic heterocycles. The van der Waals surface area contributed by atoms with Crippen LogP contribution in [0.25, 0.3) is 11.1 Å². The molecule has 24 heavy (non-hydrogen) atoms. The number of ether oxygens (including phenoxy) is 1. The van der Waals surface area contributed by atoms with Gasteiger partial charge in [-0.2, -0.15) is 0 Å². The van der Waals surface area contributed by atoms with E-state index in [1.807, 2.05) is 19.1 Å². The van der Waals surface area contributed by atoms with Crippen LogP contribution in [0.4, 0.5) is 5.69 Å². The zero-order valence-electron chi connectivity index (χ0n) is 13.2. The van der Waals surface area contributed by atoms with Gasteiger partial charge in [-0.15, -0.1) is 0 Å². The SMILES string of the molecule is Cc1c(NC(=O)C2CCOC2)ccc2c1-c1ccccc1S2(=O)=O. The standard InChI is InChI=1S/C18H17NO4S/c1-11-14(19-18(20)12-8-9-23-10-12)6-7-16-17(11)13-4-2-3-5-15(13)24(16,21)22/h2-7,12H,8-10H2,1H3,(H,19,20). The summed E-state index contributed by atoms with van der Waals surface area (Å²) in [4.78, 5) is 13.0. The van der Waals surface area contributed by atoms with Crippen LogP contribution in [0.3, 0.4) is 0 Å². The van der Waals surface area contributed by atoms with Gasteiger partial charge in [0, 0.05) is 23.4 Å². The van der Waals surface area contributed by atoms with E-state index in [-0.39, 0.29) is 11.8 Å². The normalized spacial score (nSPS) is 20.5. The highest BCUT2D eigenvalue weighted by Crippen LogP contribution is 2.46. The Kier molecular flexibility index (Phi) is 3.47. The average molecular weight is 343 g/mol. The number of amides is 1. The first-order valence-corrected chi connectivity index (χ1v) is 9.35. The molecular weight excluding hydrogens is 326 g/mol. The molecule has 1 saturated heterocycles. The summed E-state index contributed by atoms with van der Waals surface area (Å²) in [5.74, 6) is -0.224. The maximum Gasteiger partial charge on any atom is 0.229 e. The van der Waals surface area contributed by atoms with Gasteiger partial charge in [-0.3, -0.25) is 4.79 Å². The van der Waals surface area contributed by atoms with Crippen LogP contribution in [-0.2, 0) is 19.4 Å². The van der Waals surface area contributed by atoms with Gasteiger partial charge in [0.2, 0.25) is 15.7 Å². The minimum atomic E-state index is -3.48. The monoisotopic (exact) mass is 343 g/mol. The summed E-state index contributed by atoms with van der Waals surface area (Å²) in [7, 11) is -3.48. The summed E-state index contributed by atoms with van der Waals surface area (Å²) in [6.45, 7) is 2.89. The van der Waals surface area contributed by atoms with Crippen LogP contribution in [0.1, 0.15) is 12.0 Å². The molecule has 2 aliphatic rings. The molecule has 1 amide bonds. The van der Waals surface area contributed by atoms with Gasteiger partial charge < -0.3 is 10.1 Å². The van der Waals surface area contributed by atoms with Gasteiger partial charge in [0.25, 0.3) is 0 Å². The molecule has 2 aliphatic heterocycles. The lowest BCUT2D eigenvalue weighted by atomic mass is 9.99. The minimum Gasteiger partial charge on any atom is -0.381 e. The Bertz CT molecular complexity index is 943. The van der Waals surface area contributed by atoms with Crippen LogP contribution in [0, 0.1) is 12.8 Å². The van der Waals surface area contributed by atoms with Gasteiger partial charge in [0.15, 0.2) is 0 Å². The quantitative estimate of drug-likeness (QED) is 0.776. The highest BCUT2D eigenvalue weighted by atomic mass is 32.2. The largest absolute Gasteiger partial charge is 0.381 e. The number of anilines is 1. The van der Waals surface area contributed by atoms with Crippen LogP contribution < -0.4 is 5.32 Å². The van der Waals surface area contributed by atoms with E-state index in [2.05, 4.69) is 5.32 Å². The van der Waals surface area contributed by atoms with Crippen molar-refractivity contribution in [1.82, 2.24) is 0 Å². The fraction of sp³-hybridized carbons (Fsp3) is 0.278. The summed E-state index contributed by atoms with van der Waals surface area (Å²) < 4.78 is 30.6. The molecule has 5 nitrogen and oxygen atoms in total. The number of hydrogen-bond acceptors (Lipinski definition) is 4. The molecule has 0 saturated carbocycles. The van der Waals surface area contributed by atoms with Crippen LogP contribution in [0.15, 0.2) is 46.2 Å². The van der Waals surface area contributed by atoms with E-state index < -0.39 is 9.84 Å². The van der Waals surface area contributed by atoms with Gasteiger partial charge in [0.05, 0.1) is 22.3 Å². The molecule has 0 spiro atoms. The van der Waals surface area contributed by atoms with Gasteiger partial charge in [-0.25, -0.2) is 8.42 Å². The molecule has 1 atom stereocenters. The van der Waals surface area contributed by atoms with E-state index in [1.165, 1.54) is 0 Å². The third-order valence-electron chi connectivity index (χ3n) is 4.72. The van der Waals surface area contributed by atoms with E-state index in [9.17, 15) is 13.2 Å². The van der Waals surface area contributed by atoms with E-state index in [1.54, 1.807) is 24.3 Å². The summed E-state index contributed by atoms with van der Waals surface area (Å²) in [5, 5.41) is 2.93. The molecule has 1 N–H and O–H groups in total. The first-order valence-electron chi connectivity index (χ1n) is 7.87. The number of carbonyl (C=O) groups excluding carboxylic acids is 1. The van der Waals surface area contributed by atoms with Crippen LogP contribution in [0.2, 0.25) is 0 Å². The van der Waals surface area contributed by atoms with Crippen molar-refractivity contribution in [3.63, 3.8) is 0 Å². The molecule has 2 heterocycles. The van der Waals surface area contributed by atoms with Crippen molar-refractivity contribution in [2.75, 3.05) is 18.5 Å². The zero-order valence-corrected chi connectivity index (χ0v) is 14.0. The van der Waals surface area contributed by atoms with E-state index in [0.29, 0.717) is 46.2 Å². The second-order valence-electron chi connectivity index (χ2n) is 6.16. The van der Waals surface area contributed by atoms with Crippen molar-refractivity contribution in [2.45, 2.75) is 23.1 Å². The van der Waals surface area contributed by atoms with Crippen molar-refractivity contribution in [2.24, 2.45) is 5.92 Å². The summed E-state index contributed by atoms with van der Waals surface area (Å²) in [6, 6.07) is 10.2. The van der Waals surface area contributed by atoms with Gasteiger partial charge >= 0.3 is 0 Å². The Morgan fingerprint density at radius 2 is 1.96 bits per heavy atom. The number of carbonyl (C=O) groups is 1. The maximum atomic E-state index is 12.7. The second-order valence-corrected chi connectivity index (χ2v) is 8.05. The van der Waals surface area contributed by atoms with Gasteiger partial charge in [-0.1, -0.05) is 18.2 Å². The summed E-state index contributed by atoms with van der Waals surface area (Å²) in [6.07, 6.45) is 0.715. The number of hydrogen-bond donors (Lipinski definition) is 1. The molecule has 0 radical (unpaired) electrons. The zero-order chi connectivity index (χ0) is 16.9. The molecule has 2 aromatic rings. The van der Waals surface area contributed by atoms with Crippen molar-refractivity contribution in [3.8, 4) is 11.1 Å². The molecule has 1 fully saturated rings. The number of benzene rings is 2. The topological polar surface area (TPSA) is 72.5 Å². The number of rotatable bonds is 2. The van der Waals surface area contributed by atoms with Gasteiger partial charge in [0.1, 0.15) is 0 Å². The molecule has 4 rings (SSSR count). The lowest BCUT2D eigenvalue weighted by Crippen LogP contribution is -2.23. The van der Waals surface area contributed by atoms with Crippen LogP contribution in [0.5, 0.6) is 0 Å². The predicted octanol–water partition coefficient (Wildman–Crippen LogP) is 2.78. The van der Waals surface area contributed by atoms with Gasteiger partial charge in [-0.05, 0) is 37.1 Å². The Labute approximate surface area is 140 Å². The Hall–Kier alpha value is -2.18. The number of nitrogens with one attached hydrogen (secondary N) is 1. The number of fused-ring (bicyclic) bond motifs is 3. The van der Waals surface area contributed by atoms with Crippen LogP contribution >= 0.6 is 0 Å². The van der Waals surface area contributed by atoms with Crippen molar-refractivity contribution < 1.29 is 17.9 Å². The van der Waals surface area contributed by atoms with Crippen LogP contribution in [-0.4, -0.2) is 27.5 Å². The fourth-order valence-electron chi connectivity index (χ4n) is 3.38. The van der Waals surface area contributed by atoms with Crippen molar-refractivity contribution >= 4 is 21.4 Å². The average Bonchev–Trinajstić information content (AvgIpc) is 3.17. The summed E-state index contributed by atoms with van der Waals surface area (Å²) >= 11 is 0. The summed E-state index contributed by atoms with van der Waals surface area (Å²) in [5.41, 5.74) is 2.81. The first-order chi connectivity index (χ1) is 11.5. The highest BCUT2D eigenvalue weighted by Gasteiger charge is 2.34. The molecule has 0 bridgehead atoms.